The molecule has 57 heavy (non-hydrogen) atoms. The first kappa shape index (κ1) is 40.9. The van der Waals surface area contributed by atoms with Crippen molar-refractivity contribution in [3.8, 4) is 0 Å². The van der Waals surface area contributed by atoms with Crippen LogP contribution >= 0.6 is 0 Å². The molecule has 2 aliphatic rings. The van der Waals surface area contributed by atoms with E-state index >= 15 is 0 Å². The quantitative estimate of drug-likeness (QED) is 0.0961. The van der Waals surface area contributed by atoms with Crippen LogP contribution in [0.1, 0.15) is 75.9 Å². The normalized spacial score (nSPS) is 15.3. The summed E-state index contributed by atoms with van der Waals surface area (Å²) >= 11 is 0. The van der Waals surface area contributed by atoms with E-state index in [1.54, 1.807) is 22.2 Å². The third kappa shape index (κ3) is 9.30. The summed E-state index contributed by atoms with van der Waals surface area (Å²) in [6.45, 7) is 11.4. The van der Waals surface area contributed by atoms with Gasteiger partial charge in [0.1, 0.15) is 13.2 Å². The molecule has 0 saturated carbocycles. The van der Waals surface area contributed by atoms with Gasteiger partial charge in [0, 0.05) is 87.0 Å². The van der Waals surface area contributed by atoms with Gasteiger partial charge in [0.25, 0.3) is 0 Å². The Kier molecular flexibility index (Phi) is 13.3. The van der Waals surface area contributed by atoms with E-state index in [4.69, 9.17) is 26.2 Å². The summed E-state index contributed by atoms with van der Waals surface area (Å²) in [5.74, 6) is -0.751. The average molecular weight is 789 g/mol. The van der Waals surface area contributed by atoms with Crippen molar-refractivity contribution in [3.63, 3.8) is 0 Å². The van der Waals surface area contributed by atoms with Crippen molar-refractivity contribution >= 4 is 57.3 Å². The molecule has 308 valence electrons. The third-order valence-corrected chi connectivity index (χ3v) is 10.9. The molecule has 4 aromatic heterocycles. The number of carbonyl (C=O) groups excluding carboxylic acids is 4. The Hall–Kier alpha value is -5.72. The highest BCUT2D eigenvalue weighted by molar-refractivity contribution is 5.93. The van der Waals surface area contributed by atoms with Crippen LogP contribution < -0.4 is 32.7 Å². The van der Waals surface area contributed by atoms with Crippen molar-refractivity contribution in [1.82, 2.24) is 50.0 Å². The molecule has 6 rings (SSSR count). The fourth-order valence-corrected chi connectivity index (χ4v) is 7.72. The van der Waals surface area contributed by atoms with Gasteiger partial charge in [0.2, 0.25) is 11.8 Å². The second-order valence-electron chi connectivity index (χ2n) is 14.5. The van der Waals surface area contributed by atoms with E-state index < -0.39 is 12.1 Å². The van der Waals surface area contributed by atoms with E-state index in [2.05, 4.69) is 31.5 Å². The molecule has 6 amide bonds. The van der Waals surface area contributed by atoms with Gasteiger partial charge in [-0.15, -0.1) is 0 Å². The lowest BCUT2D eigenvalue weighted by Crippen LogP contribution is -2.44. The van der Waals surface area contributed by atoms with Crippen molar-refractivity contribution in [3.05, 3.63) is 34.9 Å². The molecule has 19 heteroatoms. The number of hydrogen-bond acceptors (Lipinski definition) is 11. The number of rotatable bonds is 16. The number of amides is 6. The number of nitrogens with zero attached hydrogens (tertiary/aromatic N) is 8. The number of hydrogen-bond donors (Lipinski definition) is 6. The smallest absolute Gasteiger partial charge is 0.314 e. The van der Waals surface area contributed by atoms with Crippen LogP contribution in [0.4, 0.5) is 21.0 Å². The number of piperidine rings is 2. The second kappa shape index (κ2) is 18.5. The molecule has 2 aliphatic heterocycles. The first-order chi connectivity index (χ1) is 27.5. The van der Waals surface area contributed by atoms with Gasteiger partial charge in [0.05, 0.1) is 34.5 Å². The first-order valence-electron chi connectivity index (χ1n) is 20.0. The molecule has 0 spiro atoms. The monoisotopic (exact) mass is 788 g/mol. The fraction of sp³-hybridized carbons (Fsp3) is 0.579. The highest BCUT2D eigenvalue weighted by Gasteiger charge is 2.27. The van der Waals surface area contributed by atoms with E-state index in [0.29, 0.717) is 52.1 Å². The van der Waals surface area contributed by atoms with Crippen LogP contribution in [0.5, 0.6) is 0 Å². The topological polar surface area (TPSA) is 246 Å². The number of pyridine rings is 2. The van der Waals surface area contributed by atoms with Crippen molar-refractivity contribution < 1.29 is 23.9 Å². The van der Waals surface area contributed by atoms with Gasteiger partial charge in [-0.05, 0) is 52.4 Å². The molecule has 2 saturated heterocycles. The van der Waals surface area contributed by atoms with E-state index in [-0.39, 0.29) is 50.2 Å². The number of primary amides is 2. The number of aryl methyl sites for hydroxylation is 4. The molecule has 2 fully saturated rings. The maximum absolute atomic E-state index is 13.1. The number of urea groups is 2. The summed E-state index contributed by atoms with van der Waals surface area (Å²) in [4.78, 5) is 62.7. The minimum atomic E-state index is -0.417. The van der Waals surface area contributed by atoms with Crippen LogP contribution in [0, 0.1) is 0 Å². The largest absolute Gasteiger partial charge is 0.381 e. The maximum atomic E-state index is 13.1. The Morgan fingerprint density at radius 2 is 1.05 bits per heavy atom. The van der Waals surface area contributed by atoms with Crippen molar-refractivity contribution in [2.75, 3.05) is 50.0 Å². The van der Waals surface area contributed by atoms with E-state index in [0.717, 1.165) is 81.6 Å². The molecule has 0 aliphatic carbocycles. The number of anilines is 2. The lowest BCUT2D eigenvalue weighted by Gasteiger charge is -2.32. The minimum Gasteiger partial charge on any atom is -0.381 e. The highest BCUT2D eigenvalue weighted by Crippen LogP contribution is 2.33. The summed E-state index contributed by atoms with van der Waals surface area (Å²) in [7, 11) is 0. The van der Waals surface area contributed by atoms with Gasteiger partial charge in [-0.25, -0.2) is 28.9 Å². The van der Waals surface area contributed by atoms with Gasteiger partial charge >= 0.3 is 12.1 Å². The number of fused-ring (bicyclic) bond motifs is 2. The molecular formula is C38H56N14O5. The zero-order chi connectivity index (χ0) is 40.6. The zero-order valence-corrected chi connectivity index (χ0v) is 33.4. The Morgan fingerprint density at radius 3 is 1.39 bits per heavy atom. The number of nitrogens with two attached hydrogens (primary N) is 2. The van der Waals surface area contributed by atoms with Crippen LogP contribution in [0.3, 0.4) is 0 Å². The second-order valence-corrected chi connectivity index (χ2v) is 14.5. The number of carbonyl (C=O) groups is 4. The molecule has 0 unspecified atom stereocenters. The van der Waals surface area contributed by atoms with Crippen LogP contribution in [0.15, 0.2) is 12.4 Å². The first-order valence-corrected chi connectivity index (χ1v) is 20.0. The van der Waals surface area contributed by atoms with Crippen molar-refractivity contribution in [1.29, 1.82) is 0 Å². The predicted molar refractivity (Wildman–Crippen MR) is 215 cm³/mol. The molecule has 19 nitrogen and oxygen atoms in total. The Labute approximate surface area is 331 Å². The molecule has 0 radical (unpaired) electrons. The molecule has 8 N–H and O–H groups in total. The molecular weight excluding hydrogens is 733 g/mol. The lowest BCUT2D eigenvalue weighted by molar-refractivity contribution is -0.131. The molecule has 6 heterocycles. The summed E-state index contributed by atoms with van der Waals surface area (Å²) in [5.41, 5.74) is 17.7. The molecule has 0 aromatic carbocycles. The SMILES string of the molecule is CCc1nc2c(cnn2CC)c(NC2CCN(C(N)=O)CC2)c1CNC(=O)COCC(=O)NCc1c(CC)nc2c(cnn2CC)c1NC1CCN(C(N)=O)CC1. The summed E-state index contributed by atoms with van der Waals surface area (Å²) < 4.78 is 9.29. The van der Waals surface area contributed by atoms with Crippen LogP contribution in [-0.4, -0.2) is 115 Å². The van der Waals surface area contributed by atoms with Gasteiger partial charge in [-0.3, -0.25) is 9.59 Å². The summed E-state index contributed by atoms with van der Waals surface area (Å²) in [6.07, 6.45) is 7.76. The molecule has 0 bridgehead atoms. The third-order valence-electron chi connectivity index (χ3n) is 10.9. The summed E-state index contributed by atoms with van der Waals surface area (Å²) in [5, 5.41) is 24.1. The van der Waals surface area contributed by atoms with E-state index in [1.807, 2.05) is 37.1 Å². The Balaban J connectivity index is 1.08. The van der Waals surface area contributed by atoms with E-state index in [9.17, 15) is 19.2 Å². The van der Waals surface area contributed by atoms with Gasteiger partial charge in [-0.2, -0.15) is 10.2 Å². The summed E-state index contributed by atoms with van der Waals surface area (Å²) in [6, 6.07) is -0.657. The van der Waals surface area contributed by atoms with Crippen LogP contribution in [0.25, 0.3) is 22.1 Å². The number of ether oxygens (including phenoxy) is 1. The zero-order valence-electron chi connectivity index (χ0n) is 33.4. The average Bonchev–Trinajstić information content (AvgIpc) is 3.83. The highest BCUT2D eigenvalue weighted by atomic mass is 16.5. The minimum absolute atomic E-state index is 0.0886. The standard InChI is InChI=1S/C38H56N14O5/c1-5-29-25(33(27-19-43-51(7-3)35(27)47-29)45-23-9-13-49(14-10-23)37(39)55)17-41-31(53)21-57-22-32(54)42-18-26-30(6-2)48-36-28(20-44-52(36)8-4)34(26)46-24-11-15-50(16-12-24)38(40)56/h19-20,23-24H,5-18,21-22H2,1-4H3,(H2,39,55)(H2,40,56)(H,41,53)(H,42,54)(H,45,47)(H,46,48). The fourth-order valence-electron chi connectivity index (χ4n) is 7.72. The maximum Gasteiger partial charge on any atom is 0.314 e. The van der Waals surface area contributed by atoms with Gasteiger partial charge in [-0.1, -0.05) is 13.8 Å². The van der Waals surface area contributed by atoms with Crippen molar-refractivity contribution in [2.24, 2.45) is 11.5 Å². The van der Waals surface area contributed by atoms with Crippen LogP contribution in [0.2, 0.25) is 0 Å². The number of likely N-dealkylation sites (tertiary alicyclic amines) is 2. The number of nitrogens with one attached hydrogen (secondary N) is 4. The lowest BCUT2D eigenvalue weighted by atomic mass is 10.0. The van der Waals surface area contributed by atoms with Crippen LogP contribution in [-0.2, 0) is 53.3 Å². The van der Waals surface area contributed by atoms with E-state index in [1.165, 1.54) is 0 Å². The molecule has 0 atom stereocenters. The van der Waals surface area contributed by atoms with Crippen molar-refractivity contribution in [2.45, 2.75) is 104 Å². The Morgan fingerprint density at radius 1 is 0.667 bits per heavy atom. The number of aromatic nitrogens is 6. The predicted octanol–water partition coefficient (Wildman–Crippen LogP) is 2.20. The Bertz CT molecular complexity index is 1930. The van der Waals surface area contributed by atoms with Gasteiger partial charge in [0.15, 0.2) is 11.3 Å². The van der Waals surface area contributed by atoms with Gasteiger partial charge < -0.3 is 47.3 Å². The molecule has 4 aromatic rings.